The van der Waals surface area contributed by atoms with Gasteiger partial charge in [0.25, 0.3) is 10.1 Å². The summed E-state index contributed by atoms with van der Waals surface area (Å²) in [5, 5.41) is 8.03. The first kappa shape index (κ1) is 87.9. The zero-order valence-corrected chi connectivity index (χ0v) is 43.9. The van der Waals surface area contributed by atoms with Gasteiger partial charge in [0, 0.05) is 34.3 Å². The van der Waals surface area contributed by atoms with E-state index in [1.165, 1.54) is 0 Å². The normalized spacial score (nSPS) is 12.0. The van der Waals surface area contributed by atoms with Crippen LogP contribution in [0.25, 0.3) is 0 Å². The van der Waals surface area contributed by atoms with Crippen LogP contribution in [0.3, 0.4) is 0 Å². The second-order valence-corrected chi connectivity index (χ2v) is 12.8. The van der Waals surface area contributed by atoms with E-state index in [1.54, 1.807) is 0 Å². The predicted molar refractivity (Wildman–Crippen MR) is 112 cm³/mol. The zero-order chi connectivity index (χ0) is 29.1. The fourth-order valence-corrected chi connectivity index (χ4v) is 3.76. The SMILES string of the molecule is O.O.O=S(=O)([O-])CCCO.O=S(=O)([O-])CCCS(=O)(=O)[O-].O=S(=O)([O-])[O-].O=S1(=O)CCCO1.O=[S-](=O)[O-].[Na+].[Na+].[Na+].[Na+].[Na+].[Na+].[Na+]. The van der Waals surface area contributed by atoms with Gasteiger partial charge >= 0.3 is 207 Å². The van der Waals surface area contributed by atoms with E-state index in [0.717, 1.165) is 0 Å². The van der Waals surface area contributed by atoms with Gasteiger partial charge in [-0.2, -0.15) is 19.4 Å². The van der Waals surface area contributed by atoms with Crippen LogP contribution in [0.5, 0.6) is 0 Å². The van der Waals surface area contributed by atoms with Gasteiger partial charge < -0.3 is 51.8 Å². The maximum atomic E-state index is 10.2. The molecule has 0 aromatic carbocycles. The molecule has 5 N–H and O–H groups in total. The monoisotopic (exact) mass is 836 g/mol. The molecule has 0 unspecified atom stereocenters. The molecule has 22 nitrogen and oxygen atoms in total. The molecule has 1 aliphatic rings. The van der Waals surface area contributed by atoms with Crippen molar-refractivity contribution in [2.45, 2.75) is 19.3 Å². The Labute approximate surface area is 413 Å². The molecule has 234 valence electrons. The van der Waals surface area contributed by atoms with Crippen LogP contribution in [-0.2, 0) is 74.5 Å². The van der Waals surface area contributed by atoms with Gasteiger partial charge in [0.1, 0.15) is 0 Å². The van der Waals surface area contributed by atoms with Gasteiger partial charge in [0.05, 0.1) is 42.7 Å². The molecule has 0 amide bonds. The summed E-state index contributed by atoms with van der Waals surface area (Å²) in [6.45, 7) is 0.129. The summed E-state index contributed by atoms with van der Waals surface area (Å²) in [6.07, 6.45) is 0.256. The van der Waals surface area contributed by atoms with Gasteiger partial charge in [0.2, 0.25) is 0 Å². The Morgan fingerprint density at radius 3 is 0.955 bits per heavy atom. The first-order chi connectivity index (χ1) is 15.2. The molecule has 0 atom stereocenters. The van der Waals surface area contributed by atoms with Gasteiger partial charge in [-0.05, 0) is 19.3 Å². The summed E-state index contributed by atoms with van der Waals surface area (Å²) >= 11 is 0. The van der Waals surface area contributed by atoms with Gasteiger partial charge in [0.15, 0.2) is 0 Å². The second-order valence-electron chi connectivity index (χ2n) is 5.27. The molecule has 1 aliphatic heterocycles. The van der Waals surface area contributed by atoms with E-state index in [1.807, 2.05) is 0 Å². The number of aliphatic hydroxyl groups is 1. The summed E-state index contributed by atoms with van der Waals surface area (Å²) in [7, 11) is -24.2. The molecule has 0 aliphatic carbocycles. The average molecular weight is 837 g/mol. The largest absolute Gasteiger partial charge is 1.00 e. The summed E-state index contributed by atoms with van der Waals surface area (Å²) in [5.41, 5.74) is 0. The quantitative estimate of drug-likeness (QED) is 0.0621. The smallest absolute Gasteiger partial charge is 0.917 e. The number of hydrogen-bond acceptors (Lipinski definition) is 21. The van der Waals surface area contributed by atoms with E-state index < -0.39 is 85.5 Å². The summed E-state index contributed by atoms with van der Waals surface area (Å²) < 4.78 is 173. The Morgan fingerprint density at radius 1 is 0.636 bits per heavy atom. The standard InChI is InChI=1S/C3H8O6S2.C3H8O4S.C3H6O3S.7Na.H2O4S.O3S.2H2O/c4-10(5,6)2-1-3-11(7,8)9;4-2-1-3-8(5,6)7;4-7(5)3-1-2-6-7;;;;;;;;1-5(2,3)4;1-4(2)3;;/h1-3H2,(H,4,5,6)(H,7,8,9);4H,1-3H2,(H,5,6,7);1-3H2;;;;;;;;(H2,1,2,3,4);;2*1H2/q;;;7*+1;;-2;;/p-5. The molecule has 35 heteroatoms. The molecule has 0 aromatic rings. The first-order valence-corrected chi connectivity index (χ1v) is 16.6. The first-order valence-electron chi connectivity index (χ1n) is 7.93. The van der Waals surface area contributed by atoms with Gasteiger partial charge in [-0.15, -0.1) is 0 Å². The molecule has 0 radical (unpaired) electrons. The van der Waals surface area contributed by atoms with Gasteiger partial charge in [-0.25, -0.2) is 25.3 Å². The van der Waals surface area contributed by atoms with E-state index in [2.05, 4.69) is 4.18 Å². The van der Waals surface area contributed by atoms with Crippen LogP contribution in [0.2, 0.25) is 0 Å². The molecule has 0 saturated carbocycles. The average Bonchev–Trinajstić information content (AvgIpc) is 2.93. The molecule has 44 heavy (non-hydrogen) atoms. The van der Waals surface area contributed by atoms with Crippen LogP contribution in [-0.4, -0.2) is 122 Å². The van der Waals surface area contributed by atoms with Crippen LogP contribution in [0, 0.1) is 0 Å². The van der Waals surface area contributed by atoms with Crippen molar-refractivity contribution in [2.24, 2.45) is 0 Å². The molecule has 1 rings (SSSR count). The van der Waals surface area contributed by atoms with Crippen molar-refractivity contribution in [2.75, 3.05) is 36.2 Å². The Morgan fingerprint density at radius 2 is 0.864 bits per heavy atom. The fraction of sp³-hybridized carbons (Fsp3) is 1.00. The van der Waals surface area contributed by atoms with Crippen molar-refractivity contribution >= 4 is 61.9 Å². The summed E-state index contributed by atoms with van der Waals surface area (Å²) in [6, 6.07) is 0. The molecular weight excluding hydrogens is 813 g/mol. The molecule has 1 fully saturated rings. The van der Waals surface area contributed by atoms with E-state index in [-0.39, 0.29) is 237 Å². The van der Waals surface area contributed by atoms with Crippen LogP contribution in [0.4, 0.5) is 0 Å². The van der Waals surface area contributed by atoms with Crippen molar-refractivity contribution < 1.29 is 305 Å². The van der Waals surface area contributed by atoms with E-state index in [0.29, 0.717) is 13.0 Å². The minimum absolute atomic E-state index is 0. The van der Waals surface area contributed by atoms with Crippen LogP contribution >= 0.6 is 0 Å². The Kier molecular flexibility index (Phi) is 94.5. The molecular formula is C9H23Na7O22S6. The third-order valence-corrected chi connectivity index (χ3v) is 5.82. The van der Waals surface area contributed by atoms with E-state index in [4.69, 9.17) is 35.6 Å². The van der Waals surface area contributed by atoms with Crippen LogP contribution < -0.4 is 207 Å². The third-order valence-electron chi connectivity index (χ3n) is 2.14. The van der Waals surface area contributed by atoms with Gasteiger partial charge in [-0.3, -0.25) is 12.6 Å². The third kappa shape index (κ3) is 135. The Bertz CT molecular complexity index is 1130. The second kappa shape index (κ2) is 47.3. The fourth-order valence-electron chi connectivity index (χ4n) is 1.13. The van der Waals surface area contributed by atoms with Crippen LogP contribution in [0.1, 0.15) is 19.3 Å². The number of rotatable bonds is 7. The van der Waals surface area contributed by atoms with Crippen molar-refractivity contribution in [3.8, 4) is 0 Å². The Balaban J connectivity index is -0.0000000244. The van der Waals surface area contributed by atoms with Crippen molar-refractivity contribution in [3.05, 3.63) is 0 Å². The summed E-state index contributed by atoms with van der Waals surface area (Å²) in [5.74, 6) is -1.89. The number of hydrogen-bond donors (Lipinski definition) is 1. The zero-order valence-electron chi connectivity index (χ0n) is 25.0. The molecule has 0 bridgehead atoms. The van der Waals surface area contributed by atoms with E-state index in [9.17, 15) is 47.3 Å². The molecule has 0 aromatic heterocycles. The topological polar surface area (TPSA) is 436 Å². The maximum absolute atomic E-state index is 10.2. The predicted octanol–water partition coefficient (Wildman–Crippen LogP) is -27.4. The van der Waals surface area contributed by atoms with Crippen LogP contribution in [0.15, 0.2) is 0 Å². The minimum Gasteiger partial charge on any atom is -0.917 e. The molecule has 0 spiro atoms. The van der Waals surface area contributed by atoms with E-state index >= 15 is 0 Å². The van der Waals surface area contributed by atoms with Crippen molar-refractivity contribution in [1.82, 2.24) is 0 Å². The minimum atomic E-state index is -5.17. The van der Waals surface area contributed by atoms with Gasteiger partial charge in [-0.1, -0.05) is 0 Å². The van der Waals surface area contributed by atoms with Crippen molar-refractivity contribution in [3.63, 3.8) is 0 Å². The van der Waals surface area contributed by atoms with Crippen molar-refractivity contribution in [1.29, 1.82) is 0 Å². The Hall–Kier alpha value is 6.30. The maximum Gasteiger partial charge on any atom is 1.00 e. The number of aliphatic hydroxyl groups excluding tert-OH is 1. The molecule has 1 heterocycles. The summed E-state index contributed by atoms with van der Waals surface area (Å²) in [4.78, 5) is 0. The molecule has 1 saturated heterocycles.